The van der Waals surface area contributed by atoms with Crippen molar-refractivity contribution in [1.29, 1.82) is 0 Å². The number of hydrogen-bond acceptors (Lipinski definition) is 3. The van der Waals surface area contributed by atoms with Crippen LogP contribution in [0.2, 0.25) is 0 Å². The predicted molar refractivity (Wildman–Crippen MR) is 97.2 cm³/mol. The molecule has 1 N–H and O–H groups in total. The lowest BCUT2D eigenvalue weighted by Gasteiger charge is -2.22. The molecule has 0 spiro atoms. The van der Waals surface area contributed by atoms with E-state index < -0.39 is 0 Å². The molecule has 5 heteroatoms. The molecule has 0 bridgehead atoms. The number of aryl methyl sites for hydroxylation is 1. The van der Waals surface area contributed by atoms with Gasteiger partial charge in [-0.2, -0.15) is 0 Å². The van der Waals surface area contributed by atoms with Gasteiger partial charge in [0.2, 0.25) is 5.91 Å². The van der Waals surface area contributed by atoms with Crippen LogP contribution >= 0.6 is 0 Å². The van der Waals surface area contributed by atoms with Crippen LogP contribution in [0.15, 0.2) is 47.1 Å². The van der Waals surface area contributed by atoms with Crippen LogP contribution in [0.4, 0.5) is 0 Å². The largest absolute Gasteiger partial charge is 0.469 e. The molecule has 5 nitrogen and oxygen atoms in total. The first kappa shape index (κ1) is 18.8. The first-order chi connectivity index (χ1) is 12.1. The summed E-state index contributed by atoms with van der Waals surface area (Å²) in [6.45, 7) is 5.37. The maximum Gasteiger partial charge on any atom is 0.257 e. The Morgan fingerprint density at radius 3 is 2.56 bits per heavy atom. The molecule has 1 aromatic heterocycles. The van der Waals surface area contributed by atoms with E-state index in [1.54, 1.807) is 17.9 Å². The monoisotopic (exact) mass is 342 g/mol. The van der Waals surface area contributed by atoms with E-state index in [-0.39, 0.29) is 11.8 Å². The van der Waals surface area contributed by atoms with Gasteiger partial charge in [-0.1, -0.05) is 43.7 Å². The van der Waals surface area contributed by atoms with Gasteiger partial charge in [0.15, 0.2) is 0 Å². The number of amides is 2. The van der Waals surface area contributed by atoms with Crippen molar-refractivity contribution in [1.82, 2.24) is 10.2 Å². The van der Waals surface area contributed by atoms with Gasteiger partial charge in [0.05, 0.1) is 11.8 Å². The molecular formula is C20H26N2O3. The quantitative estimate of drug-likeness (QED) is 0.709. The van der Waals surface area contributed by atoms with E-state index in [0.717, 1.165) is 18.4 Å². The predicted octanol–water partition coefficient (Wildman–Crippen LogP) is 3.54. The van der Waals surface area contributed by atoms with Gasteiger partial charge in [0.1, 0.15) is 5.76 Å². The number of carbonyl (C=O) groups excluding carboxylic acids is 2. The Kier molecular flexibility index (Phi) is 7.26. The van der Waals surface area contributed by atoms with Crippen LogP contribution in [0.25, 0.3) is 0 Å². The van der Waals surface area contributed by atoms with Gasteiger partial charge in [-0.3, -0.25) is 9.59 Å². The van der Waals surface area contributed by atoms with E-state index in [9.17, 15) is 9.59 Å². The van der Waals surface area contributed by atoms with Gasteiger partial charge in [0.25, 0.3) is 5.91 Å². The van der Waals surface area contributed by atoms with Gasteiger partial charge >= 0.3 is 0 Å². The fraction of sp³-hybridized carbons (Fsp3) is 0.400. The van der Waals surface area contributed by atoms with Crippen LogP contribution in [-0.4, -0.2) is 29.8 Å². The summed E-state index contributed by atoms with van der Waals surface area (Å²) < 4.78 is 5.25. The molecule has 0 unspecified atom stereocenters. The summed E-state index contributed by atoms with van der Waals surface area (Å²) in [7, 11) is 0. The average molecular weight is 342 g/mol. The number of furan rings is 1. The first-order valence-electron chi connectivity index (χ1n) is 8.75. The molecule has 25 heavy (non-hydrogen) atoms. The molecule has 2 amide bonds. The molecular weight excluding hydrogens is 316 g/mol. The molecule has 0 fully saturated rings. The second-order valence-electron chi connectivity index (χ2n) is 6.06. The SMILES string of the molecule is CCCCNC(=O)CCN(Cc1ccccc1)C(=O)c1ccoc1C. The van der Waals surface area contributed by atoms with Crippen LogP contribution in [0.1, 0.15) is 47.9 Å². The third-order valence-electron chi connectivity index (χ3n) is 4.05. The van der Waals surface area contributed by atoms with Crippen molar-refractivity contribution in [2.24, 2.45) is 0 Å². The van der Waals surface area contributed by atoms with Gasteiger partial charge < -0.3 is 14.6 Å². The fourth-order valence-electron chi connectivity index (χ4n) is 2.56. The highest BCUT2D eigenvalue weighted by molar-refractivity contribution is 5.95. The Balaban J connectivity index is 2.03. The first-order valence-corrected chi connectivity index (χ1v) is 8.75. The zero-order chi connectivity index (χ0) is 18.1. The number of carbonyl (C=O) groups is 2. The summed E-state index contributed by atoms with van der Waals surface area (Å²) in [6.07, 6.45) is 3.81. The van der Waals surface area contributed by atoms with Gasteiger partial charge in [0, 0.05) is 26.1 Å². The number of unbranched alkanes of at least 4 members (excludes halogenated alkanes) is 1. The average Bonchev–Trinajstić information content (AvgIpc) is 3.05. The van der Waals surface area contributed by atoms with Crippen LogP contribution in [0, 0.1) is 6.92 Å². The molecule has 0 saturated heterocycles. The standard InChI is InChI=1S/C20H26N2O3/c1-3-4-12-21-19(23)10-13-22(15-17-8-6-5-7-9-17)20(24)18-11-14-25-16(18)2/h5-9,11,14H,3-4,10,12-13,15H2,1-2H3,(H,21,23). The third kappa shape index (κ3) is 5.78. The molecule has 0 aliphatic carbocycles. The fourth-order valence-corrected chi connectivity index (χ4v) is 2.56. The number of nitrogens with one attached hydrogen (secondary N) is 1. The van der Waals surface area contributed by atoms with Crippen molar-refractivity contribution in [2.45, 2.75) is 39.7 Å². The second kappa shape index (κ2) is 9.67. The highest BCUT2D eigenvalue weighted by Gasteiger charge is 2.20. The number of benzene rings is 1. The minimum atomic E-state index is -0.114. The molecule has 1 aromatic carbocycles. The van der Waals surface area contributed by atoms with E-state index in [0.29, 0.717) is 37.4 Å². The number of rotatable bonds is 9. The third-order valence-corrected chi connectivity index (χ3v) is 4.05. The van der Waals surface area contributed by atoms with E-state index in [1.165, 1.54) is 6.26 Å². The zero-order valence-corrected chi connectivity index (χ0v) is 15.0. The normalized spacial score (nSPS) is 10.5. The lowest BCUT2D eigenvalue weighted by molar-refractivity contribution is -0.121. The topological polar surface area (TPSA) is 62.6 Å². The molecule has 134 valence electrons. The highest BCUT2D eigenvalue weighted by atomic mass is 16.3. The summed E-state index contributed by atoms with van der Waals surface area (Å²) in [6, 6.07) is 11.5. The lowest BCUT2D eigenvalue weighted by atomic mass is 10.1. The van der Waals surface area contributed by atoms with Crippen LogP contribution in [0.3, 0.4) is 0 Å². The molecule has 1 heterocycles. The van der Waals surface area contributed by atoms with E-state index in [2.05, 4.69) is 12.2 Å². The van der Waals surface area contributed by atoms with E-state index in [4.69, 9.17) is 4.42 Å². The highest BCUT2D eigenvalue weighted by Crippen LogP contribution is 2.15. The van der Waals surface area contributed by atoms with Gasteiger partial charge in [-0.05, 0) is 25.0 Å². The Morgan fingerprint density at radius 2 is 1.92 bits per heavy atom. The summed E-state index contributed by atoms with van der Waals surface area (Å²) in [4.78, 5) is 26.5. The molecule has 0 radical (unpaired) electrons. The summed E-state index contributed by atoms with van der Waals surface area (Å²) in [5.41, 5.74) is 1.57. The molecule has 0 atom stereocenters. The van der Waals surface area contributed by atoms with Crippen molar-refractivity contribution >= 4 is 11.8 Å². The summed E-state index contributed by atoms with van der Waals surface area (Å²) in [5, 5.41) is 2.89. The van der Waals surface area contributed by atoms with E-state index in [1.807, 2.05) is 30.3 Å². The van der Waals surface area contributed by atoms with Crippen molar-refractivity contribution in [3.05, 3.63) is 59.5 Å². The minimum Gasteiger partial charge on any atom is -0.469 e. The van der Waals surface area contributed by atoms with Crippen molar-refractivity contribution in [3.8, 4) is 0 Å². The number of nitrogens with zero attached hydrogens (tertiary/aromatic N) is 1. The van der Waals surface area contributed by atoms with Crippen molar-refractivity contribution < 1.29 is 14.0 Å². The lowest BCUT2D eigenvalue weighted by Crippen LogP contribution is -2.35. The van der Waals surface area contributed by atoms with Crippen LogP contribution < -0.4 is 5.32 Å². The summed E-state index contributed by atoms with van der Waals surface area (Å²) in [5.74, 6) is 0.454. The maximum absolute atomic E-state index is 12.8. The maximum atomic E-state index is 12.8. The van der Waals surface area contributed by atoms with Crippen LogP contribution in [-0.2, 0) is 11.3 Å². The van der Waals surface area contributed by atoms with Gasteiger partial charge in [-0.25, -0.2) is 0 Å². The Hall–Kier alpha value is -2.56. The summed E-state index contributed by atoms with van der Waals surface area (Å²) >= 11 is 0. The van der Waals surface area contributed by atoms with Crippen LogP contribution in [0.5, 0.6) is 0 Å². The molecule has 2 aromatic rings. The Morgan fingerprint density at radius 1 is 1.16 bits per heavy atom. The van der Waals surface area contributed by atoms with Gasteiger partial charge in [-0.15, -0.1) is 0 Å². The van der Waals surface area contributed by atoms with Crippen molar-refractivity contribution in [2.75, 3.05) is 13.1 Å². The zero-order valence-electron chi connectivity index (χ0n) is 15.0. The smallest absolute Gasteiger partial charge is 0.257 e. The molecule has 0 aliphatic rings. The molecule has 0 saturated carbocycles. The van der Waals surface area contributed by atoms with E-state index >= 15 is 0 Å². The molecule has 2 rings (SSSR count). The second-order valence-corrected chi connectivity index (χ2v) is 6.06. The molecule has 0 aliphatic heterocycles. The minimum absolute atomic E-state index is 0.0248. The Labute approximate surface area is 149 Å². The Bertz CT molecular complexity index is 679. The van der Waals surface area contributed by atoms with Crippen molar-refractivity contribution in [3.63, 3.8) is 0 Å². The number of hydrogen-bond donors (Lipinski definition) is 1.